The van der Waals surface area contributed by atoms with Gasteiger partial charge in [0.05, 0.1) is 13.2 Å². The number of rotatable bonds is 10. The van der Waals surface area contributed by atoms with E-state index in [1.54, 1.807) is 53.9 Å². The number of carbonyl (C=O) groups is 2. The Bertz CT molecular complexity index is 1490. The number of ether oxygens (including phenoxy) is 1. The minimum absolute atomic E-state index is 0.100. The summed E-state index contributed by atoms with van der Waals surface area (Å²) >= 11 is 1.27. The van der Waals surface area contributed by atoms with Gasteiger partial charge in [-0.2, -0.15) is 0 Å². The number of benzene rings is 3. The first-order valence-electron chi connectivity index (χ1n) is 11.4. The third kappa shape index (κ3) is 6.78. The number of nitrogens with zero attached hydrogens (tertiary/aromatic N) is 2. The maximum atomic E-state index is 13.5. The molecule has 6 N–H and O–H groups in total. The van der Waals surface area contributed by atoms with Gasteiger partial charge in [0.25, 0.3) is 5.91 Å². The van der Waals surface area contributed by atoms with Gasteiger partial charge in [-0.3, -0.25) is 14.6 Å². The molecule has 0 bridgehead atoms. The number of hydrogen-bond acceptors (Lipinski definition) is 8. The van der Waals surface area contributed by atoms with Crippen molar-refractivity contribution in [2.45, 2.75) is 0 Å². The third-order valence-corrected chi connectivity index (χ3v) is 6.19. The molecule has 0 aliphatic rings. The van der Waals surface area contributed by atoms with Crippen LogP contribution in [0.1, 0.15) is 16.1 Å². The van der Waals surface area contributed by atoms with Gasteiger partial charge in [-0.1, -0.05) is 24.3 Å². The minimum Gasteiger partial charge on any atom is -0.508 e. The molecule has 11 heteroatoms. The van der Waals surface area contributed by atoms with Crippen molar-refractivity contribution in [1.29, 1.82) is 0 Å². The molecule has 1 heterocycles. The Morgan fingerprint density at radius 2 is 1.92 bits per heavy atom. The van der Waals surface area contributed by atoms with E-state index in [2.05, 4.69) is 15.3 Å². The van der Waals surface area contributed by atoms with Crippen LogP contribution in [0.25, 0.3) is 21.7 Å². The first kappa shape index (κ1) is 26.5. The van der Waals surface area contributed by atoms with E-state index >= 15 is 0 Å². The van der Waals surface area contributed by atoms with Gasteiger partial charge in [0.1, 0.15) is 28.9 Å². The molecular weight excluding hydrogens is 509 g/mol. The highest BCUT2D eigenvalue weighted by Crippen LogP contribution is 2.33. The topological polar surface area (TPSA) is 153 Å². The smallest absolute Gasteiger partial charge is 0.275 e. The van der Waals surface area contributed by atoms with Gasteiger partial charge >= 0.3 is 0 Å². The fourth-order valence-corrected chi connectivity index (χ4v) is 4.30. The van der Waals surface area contributed by atoms with E-state index in [4.69, 9.17) is 16.2 Å². The van der Waals surface area contributed by atoms with E-state index in [-0.39, 0.29) is 31.2 Å². The predicted molar refractivity (Wildman–Crippen MR) is 146 cm³/mol. The maximum absolute atomic E-state index is 13.5. The fourth-order valence-electron chi connectivity index (χ4n) is 3.51. The maximum Gasteiger partial charge on any atom is 0.275 e. The number of aromatic nitrogens is 1. The van der Waals surface area contributed by atoms with Crippen LogP contribution >= 0.6 is 11.3 Å². The summed E-state index contributed by atoms with van der Waals surface area (Å²) in [5, 5.41) is 14.8. The molecule has 0 fully saturated rings. The molecule has 0 spiro atoms. The number of aromatic hydroxyl groups is 1. The van der Waals surface area contributed by atoms with Crippen LogP contribution < -0.4 is 16.8 Å². The summed E-state index contributed by atoms with van der Waals surface area (Å²) in [6.07, 6.45) is 1.54. The quantitative estimate of drug-likeness (QED) is 0.137. The van der Waals surface area contributed by atoms with Crippen molar-refractivity contribution in [2.75, 3.05) is 30.8 Å². The van der Waals surface area contributed by atoms with E-state index in [9.17, 15) is 19.1 Å². The van der Waals surface area contributed by atoms with E-state index in [0.29, 0.717) is 38.6 Å². The van der Waals surface area contributed by atoms with Crippen LogP contribution in [0.15, 0.2) is 71.0 Å². The number of phenolic OH excluding ortho intramolecular Hbond substituents is 1. The van der Waals surface area contributed by atoms with Crippen molar-refractivity contribution >= 4 is 40.7 Å². The second-order valence-corrected chi connectivity index (χ2v) is 8.99. The van der Waals surface area contributed by atoms with Crippen LogP contribution in [0.5, 0.6) is 5.75 Å². The number of hydrogen-bond donors (Lipinski definition) is 4. The molecule has 2 amide bonds. The molecule has 0 aliphatic carbocycles. The third-order valence-electron chi connectivity index (χ3n) is 5.30. The number of halogens is 1. The Labute approximate surface area is 221 Å². The monoisotopic (exact) mass is 533 g/mol. The molecule has 4 rings (SSSR count). The van der Waals surface area contributed by atoms with E-state index in [1.807, 2.05) is 0 Å². The van der Waals surface area contributed by atoms with Gasteiger partial charge < -0.3 is 26.6 Å². The number of nitrogens with two attached hydrogens (primary N) is 2. The molecule has 38 heavy (non-hydrogen) atoms. The molecule has 3 aromatic carbocycles. The first-order valence-corrected chi connectivity index (χ1v) is 12.3. The van der Waals surface area contributed by atoms with Crippen molar-refractivity contribution in [2.24, 2.45) is 10.7 Å². The van der Waals surface area contributed by atoms with Crippen molar-refractivity contribution < 1.29 is 23.8 Å². The zero-order valence-electron chi connectivity index (χ0n) is 20.1. The number of aliphatic imine (C=N–C) groups is 1. The molecule has 1 aromatic heterocycles. The van der Waals surface area contributed by atoms with Crippen LogP contribution in [-0.2, 0) is 9.53 Å². The average Bonchev–Trinajstić information content (AvgIpc) is 3.39. The summed E-state index contributed by atoms with van der Waals surface area (Å²) in [7, 11) is 0. The largest absolute Gasteiger partial charge is 0.508 e. The zero-order valence-corrected chi connectivity index (χ0v) is 20.9. The summed E-state index contributed by atoms with van der Waals surface area (Å²) in [6, 6.07) is 15.8. The number of anilines is 2. The van der Waals surface area contributed by atoms with Crippen molar-refractivity contribution in [1.82, 2.24) is 4.98 Å². The van der Waals surface area contributed by atoms with Crippen LogP contribution in [0, 0.1) is 5.82 Å². The number of carbonyl (C=O) groups excluding carboxylic acids is 2. The van der Waals surface area contributed by atoms with Crippen LogP contribution in [0.2, 0.25) is 0 Å². The lowest BCUT2D eigenvalue weighted by Gasteiger charge is -2.14. The van der Waals surface area contributed by atoms with Gasteiger partial charge in [0.2, 0.25) is 5.91 Å². The molecule has 0 aliphatic heterocycles. The van der Waals surface area contributed by atoms with Crippen LogP contribution in [0.3, 0.4) is 0 Å². The summed E-state index contributed by atoms with van der Waals surface area (Å²) in [6.45, 7) is 0.274. The molecule has 0 saturated heterocycles. The van der Waals surface area contributed by atoms with Crippen molar-refractivity contribution in [3.8, 4) is 27.4 Å². The van der Waals surface area contributed by atoms with Gasteiger partial charge in [0.15, 0.2) is 0 Å². The number of thiazole rings is 1. The number of phenols is 1. The van der Waals surface area contributed by atoms with Gasteiger partial charge in [0, 0.05) is 39.7 Å². The summed E-state index contributed by atoms with van der Waals surface area (Å²) in [5.41, 5.74) is 14.8. The highest BCUT2D eigenvalue weighted by molar-refractivity contribution is 7.13. The molecule has 0 saturated carbocycles. The lowest BCUT2D eigenvalue weighted by Crippen LogP contribution is -2.19. The normalized spacial score (nSPS) is 11.1. The fraction of sp³-hybridized carbons (Fsp3) is 0.111. The van der Waals surface area contributed by atoms with Crippen LogP contribution in [-0.4, -0.2) is 47.9 Å². The van der Waals surface area contributed by atoms with Crippen molar-refractivity contribution in [3.05, 3.63) is 83.1 Å². The van der Waals surface area contributed by atoms with Crippen LogP contribution in [0.4, 0.5) is 15.8 Å². The van der Waals surface area contributed by atoms with Gasteiger partial charge in [-0.15, -0.1) is 11.3 Å². The molecule has 0 atom stereocenters. The minimum atomic E-state index is -0.566. The highest BCUT2D eigenvalue weighted by Gasteiger charge is 2.16. The molecular formula is C27H24FN5O4S. The number of nitrogens with one attached hydrogen (secondary N) is 1. The Morgan fingerprint density at radius 1 is 1.13 bits per heavy atom. The molecule has 9 nitrogen and oxygen atoms in total. The van der Waals surface area contributed by atoms with E-state index in [0.717, 1.165) is 0 Å². The Balaban J connectivity index is 1.60. The highest BCUT2D eigenvalue weighted by atomic mass is 32.1. The predicted octanol–water partition coefficient (Wildman–Crippen LogP) is 4.08. The summed E-state index contributed by atoms with van der Waals surface area (Å²) in [5.74, 6) is -1.31. The number of amides is 2. The van der Waals surface area contributed by atoms with E-state index < -0.39 is 17.6 Å². The Morgan fingerprint density at radius 3 is 2.66 bits per heavy atom. The standard InChI is InChI=1S/C27H24FN5O4S/c28-19-6-4-16(5-7-19)21-12-22(29)18(13-31-8-9-37-14-25(30)35)11-23(21)32-26(36)24-15-38-27(33-24)17-2-1-3-20(34)10-17/h1-7,10-13,15,34H,8-9,14,29H2,(H2,30,35)(H,32,36). The second-order valence-electron chi connectivity index (χ2n) is 8.13. The number of nitrogen functional groups attached to an aromatic ring is 1. The zero-order chi connectivity index (χ0) is 27.1. The van der Waals surface area contributed by atoms with E-state index in [1.165, 1.54) is 29.7 Å². The SMILES string of the molecule is NC(=O)COCCN=Cc1cc(NC(=O)c2csc(-c3cccc(O)c3)n2)c(-c2ccc(F)cc2)cc1N. The summed E-state index contributed by atoms with van der Waals surface area (Å²) < 4.78 is 18.6. The lowest BCUT2D eigenvalue weighted by atomic mass is 10.00. The van der Waals surface area contributed by atoms with Gasteiger partial charge in [-0.05, 0) is 42.0 Å². The molecule has 0 unspecified atom stereocenters. The Hall–Kier alpha value is -4.61. The Kier molecular flexibility index (Phi) is 8.41. The first-order chi connectivity index (χ1) is 18.3. The molecule has 194 valence electrons. The molecule has 0 radical (unpaired) electrons. The lowest BCUT2D eigenvalue weighted by molar-refractivity contribution is -0.122. The van der Waals surface area contributed by atoms with Crippen molar-refractivity contribution in [3.63, 3.8) is 0 Å². The summed E-state index contributed by atoms with van der Waals surface area (Å²) in [4.78, 5) is 32.6. The second kappa shape index (κ2) is 12.1. The average molecular weight is 534 g/mol. The number of primary amides is 1. The molecule has 4 aromatic rings. The van der Waals surface area contributed by atoms with Gasteiger partial charge in [-0.25, -0.2) is 9.37 Å².